The van der Waals surface area contributed by atoms with Gasteiger partial charge in [0.25, 0.3) is 0 Å². The summed E-state index contributed by atoms with van der Waals surface area (Å²) in [6.07, 6.45) is 2.63. The second kappa shape index (κ2) is 8.26. The number of carbonyl (C=O) groups is 2. The zero-order chi connectivity index (χ0) is 19.4. The average Bonchev–Trinajstić information content (AvgIpc) is 3.16. The molecule has 1 aliphatic rings. The Balaban J connectivity index is 1.88. The maximum atomic E-state index is 12.6. The van der Waals surface area contributed by atoms with Gasteiger partial charge in [0, 0.05) is 24.4 Å². The molecule has 0 aliphatic carbocycles. The molecule has 1 fully saturated rings. The van der Waals surface area contributed by atoms with Crippen LogP contribution in [0.4, 0.5) is 0 Å². The molecular weight excluding hydrogens is 356 g/mol. The molecule has 2 aromatic rings. The van der Waals surface area contributed by atoms with E-state index < -0.39 is 5.41 Å². The fraction of sp³-hybridized carbons (Fsp3) is 0.455. The molecule has 4 nitrogen and oxygen atoms in total. The molecule has 0 radical (unpaired) electrons. The lowest BCUT2D eigenvalue weighted by Gasteiger charge is -2.41. The molecule has 1 aromatic carbocycles. The molecule has 2 N–H and O–H groups in total. The lowest BCUT2D eigenvalue weighted by Crippen LogP contribution is -2.53. The number of rotatable bonds is 6. The molecule has 2 heterocycles. The Bertz CT molecular complexity index is 800. The Labute approximate surface area is 165 Å². The van der Waals surface area contributed by atoms with Crippen molar-refractivity contribution in [1.82, 2.24) is 4.90 Å². The summed E-state index contributed by atoms with van der Waals surface area (Å²) < 4.78 is 0. The van der Waals surface area contributed by atoms with E-state index >= 15 is 0 Å². The molecule has 1 aromatic heterocycles. The third kappa shape index (κ3) is 4.41. The van der Waals surface area contributed by atoms with Gasteiger partial charge in [-0.25, -0.2) is 0 Å². The second-order valence-electron chi connectivity index (χ2n) is 7.97. The number of hydrogen-bond donors (Lipinski definition) is 1. The van der Waals surface area contributed by atoms with Gasteiger partial charge >= 0.3 is 0 Å². The van der Waals surface area contributed by atoms with E-state index in [-0.39, 0.29) is 11.8 Å². The van der Waals surface area contributed by atoms with Gasteiger partial charge in [0.05, 0.1) is 5.41 Å². The number of nitrogens with two attached hydrogens (primary N) is 1. The first kappa shape index (κ1) is 19.6. The van der Waals surface area contributed by atoms with Crippen molar-refractivity contribution < 1.29 is 9.59 Å². The van der Waals surface area contributed by atoms with Crippen LogP contribution in [-0.2, 0) is 16.0 Å². The van der Waals surface area contributed by atoms with Crippen molar-refractivity contribution in [3.63, 3.8) is 0 Å². The number of benzene rings is 1. The number of nitrogens with zero attached hydrogens (tertiary/aromatic N) is 1. The number of piperidine rings is 1. The molecule has 2 amide bonds. The lowest BCUT2D eigenvalue weighted by atomic mass is 9.73. The van der Waals surface area contributed by atoms with Gasteiger partial charge in [-0.15, -0.1) is 11.3 Å². The smallest absolute Gasteiger partial charge is 0.225 e. The van der Waals surface area contributed by atoms with Crippen LogP contribution in [0.15, 0.2) is 41.8 Å². The number of primary amides is 1. The summed E-state index contributed by atoms with van der Waals surface area (Å²) in [6, 6.07) is 12.3. The lowest BCUT2D eigenvalue weighted by molar-refractivity contribution is -0.140. The van der Waals surface area contributed by atoms with E-state index in [9.17, 15) is 9.59 Å². The first-order valence-electron chi connectivity index (χ1n) is 9.61. The van der Waals surface area contributed by atoms with E-state index in [2.05, 4.69) is 23.6 Å². The van der Waals surface area contributed by atoms with Crippen LogP contribution in [0.1, 0.15) is 38.7 Å². The highest BCUT2D eigenvalue weighted by atomic mass is 32.1. The van der Waals surface area contributed by atoms with E-state index in [1.54, 1.807) is 11.3 Å². The normalized spacial score (nSPS) is 20.0. The highest BCUT2D eigenvalue weighted by Crippen LogP contribution is 2.38. The molecule has 0 spiro atoms. The molecule has 0 saturated carbocycles. The van der Waals surface area contributed by atoms with Crippen LogP contribution in [0.5, 0.6) is 0 Å². The fourth-order valence-corrected chi connectivity index (χ4v) is 4.75. The average molecular weight is 385 g/mol. The number of hydrogen-bond acceptors (Lipinski definition) is 3. The van der Waals surface area contributed by atoms with Gasteiger partial charge in [-0.05, 0) is 47.8 Å². The SMILES string of the molecule is CC(C)CC(=O)N1CCCC(Cc2ccccc2-c2cccs2)(C(N)=O)C1. The monoisotopic (exact) mass is 384 g/mol. The fourth-order valence-electron chi connectivity index (χ4n) is 3.97. The summed E-state index contributed by atoms with van der Waals surface area (Å²) in [7, 11) is 0. The van der Waals surface area contributed by atoms with Crippen LogP contribution >= 0.6 is 11.3 Å². The highest BCUT2D eigenvalue weighted by Gasteiger charge is 2.42. The summed E-state index contributed by atoms with van der Waals surface area (Å²) in [4.78, 5) is 28.2. The third-order valence-corrected chi connectivity index (χ3v) is 6.27. The summed E-state index contributed by atoms with van der Waals surface area (Å²) in [5.41, 5.74) is 7.49. The van der Waals surface area contributed by atoms with Crippen LogP contribution in [0.25, 0.3) is 10.4 Å². The van der Waals surface area contributed by atoms with E-state index in [4.69, 9.17) is 5.73 Å². The van der Waals surface area contributed by atoms with E-state index in [1.165, 1.54) is 4.88 Å². The van der Waals surface area contributed by atoms with Crippen molar-refractivity contribution in [2.24, 2.45) is 17.1 Å². The van der Waals surface area contributed by atoms with Gasteiger partial charge in [-0.2, -0.15) is 0 Å². The van der Waals surface area contributed by atoms with Crippen LogP contribution in [-0.4, -0.2) is 29.8 Å². The molecule has 5 heteroatoms. The van der Waals surface area contributed by atoms with Crippen LogP contribution in [0, 0.1) is 11.3 Å². The molecule has 27 heavy (non-hydrogen) atoms. The van der Waals surface area contributed by atoms with E-state index in [0.29, 0.717) is 31.8 Å². The van der Waals surface area contributed by atoms with Crippen LogP contribution < -0.4 is 5.73 Å². The van der Waals surface area contributed by atoms with E-state index in [1.807, 2.05) is 36.9 Å². The van der Waals surface area contributed by atoms with Gasteiger partial charge in [0.2, 0.25) is 11.8 Å². The number of likely N-dealkylation sites (tertiary alicyclic amines) is 1. The zero-order valence-corrected chi connectivity index (χ0v) is 16.9. The molecule has 0 bridgehead atoms. The Morgan fingerprint density at radius 1 is 1.22 bits per heavy atom. The topological polar surface area (TPSA) is 63.4 Å². The Hall–Kier alpha value is -2.14. The summed E-state index contributed by atoms with van der Waals surface area (Å²) in [5.74, 6) is 0.134. The Morgan fingerprint density at radius 2 is 2.00 bits per heavy atom. The van der Waals surface area contributed by atoms with Gasteiger partial charge in [0.15, 0.2) is 0 Å². The predicted molar refractivity (Wildman–Crippen MR) is 110 cm³/mol. The van der Waals surface area contributed by atoms with Crippen molar-refractivity contribution in [1.29, 1.82) is 0 Å². The van der Waals surface area contributed by atoms with Crippen molar-refractivity contribution in [3.05, 3.63) is 47.3 Å². The molecule has 1 unspecified atom stereocenters. The van der Waals surface area contributed by atoms with E-state index in [0.717, 1.165) is 24.0 Å². The molecule has 1 aliphatic heterocycles. The Kier molecular flexibility index (Phi) is 6.00. The molecule has 1 saturated heterocycles. The van der Waals surface area contributed by atoms with Gasteiger partial charge in [0.1, 0.15) is 0 Å². The highest BCUT2D eigenvalue weighted by molar-refractivity contribution is 7.13. The predicted octanol–water partition coefficient (Wildman–Crippen LogP) is 4.10. The number of carbonyl (C=O) groups excluding carboxylic acids is 2. The molecule has 1 atom stereocenters. The van der Waals surface area contributed by atoms with Crippen molar-refractivity contribution >= 4 is 23.2 Å². The standard InChI is InChI=1S/C22H28N2O2S/c1-16(2)13-20(25)24-11-6-10-22(15-24,21(23)26)14-17-7-3-4-8-18(17)19-9-5-12-27-19/h3-5,7-9,12,16H,6,10-11,13-15H2,1-2H3,(H2,23,26). The number of amides is 2. The zero-order valence-electron chi connectivity index (χ0n) is 16.1. The summed E-state index contributed by atoms with van der Waals surface area (Å²) in [5, 5.41) is 2.06. The quantitative estimate of drug-likeness (QED) is 0.815. The minimum atomic E-state index is -0.696. The molecule has 144 valence electrons. The minimum Gasteiger partial charge on any atom is -0.369 e. The van der Waals surface area contributed by atoms with Crippen molar-refractivity contribution in [2.75, 3.05) is 13.1 Å². The Morgan fingerprint density at radius 3 is 2.67 bits per heavy atom. The minimum absolute atomic E-state index is 0.127. The summed E-state index contributed by atoms with van der Waals surface area (Å²) >= 11 is 1.69. The largest absolute Gasteiger partial charge is 0.369 e. The van der Waals surface area contributed by atoms with Crippen LogP contribution in [0.3, 0.4) is 0 Å². The summed E-state index contributed by atoms with van der Waals surface area (Å²) in [6.45, 7) is 5.22. The van der Waals surface area contributed by atoms with Crippen LogP contribution in [0.2, 0.25) is 0 Å². The van der Waals surface area contributed by atoms with Gasteiger partial charge in [-0.3, -0.25) is 9.59 Å². The molecular formula is C22H28N2O2S. The first-order valence-corrected chi connectivity index (χ1v) is 10.5. The molecule has 3 rings (SSSR count). The van der Waals surface area contributed by atoms with Gasteiger partial charge in [-0.1, -0.05) is 44.2 Å². The number of thiophene rings is 1. The first-order chi connectivity index (χ1) is 12.9. The second-order valence-corrected chi connectivity index (χ2v) is 8.92. The maximum absolute atomic E-state index is 12.6. The maximum Gasteiger partial charge on any atom is 0.225 e. The van der Waals surface area contributed by atoms with Gasteiger partial charge < -0.3 is 10.6 Å². The van der Waals surface area contributed by atoms with Crippen molar-refractivity contribution in [3.8, 4) is 10.4 Å². The van der Waals surface area contributed by atoms with Crippen molar-refractivity contribution in [2.45, 2.75) is 39.5 Å². The third-order valence-electron chi connectivity index (χ3n) is 5.37.